The van der Waals surface area contributed by atoms with Gasteiger partial charge >= 0.3 is 5.97 Å². The van der Waals surface area contributed by atoms with Crippen LogP contribution in [0.25, 0.3) is 0 Å². The minimum atomic E-state index is -0.728. The summed E-state index contributed by atoms with van der Waals surface area (Å²) in [5.41, 5.74) is 1.65. The molecule has 2 aromatic carbocycles. The first-order valence-electron chi connectivity index (χ1n) is 9.61. The van der Waals surface area contributed by atoms with Gasteiger partial charge in [0.2, 0.25) is 0 Å². The molecule has 1 unspecified atom stereocenters. The number of aliphatic hydroxyl groups excluding tert-OH is 1. The first-order chi connectivity index (χ1) is 14.0. The van der Waals surface area contributed by atoms with Crippen LogP contribution in [0.3, 0.4) is 0 Å². The van der Waals surface area contributed by atoms with Gasteiger partial charge in [-0.15, -0.1) is 0 Å². The fraction of sp³-hybridized carbons (Fsp3) is 0.261. The number of nitrogens with zero attached hydrogens (tertiary/aromatic N) is 1. The normalized spacial score (nSPS) is 16.3. The van der Waals surface area contributed by atoms with Crippen LogP contribution in [0.15, 0.2) is 65.9 Å². The van der Waals surface area contributed by atoms with Gasteiger partial charge in [0.1, 0.15) is 0 Å². The van der Waals surface area contributed by atoms with Crippen LogP contribution in [0, 0.1) is 0 Å². The van der Waals surface area contributed by atoms with E-state index in [2.05, 4.69) is 0 Å². The molecule has 6 nitrogen and oxygen atoms in total. The molecule has 1 N–H and O–H groups in total. The van der Waals surface area contributed by atoms with Crippen LogP contribution in [0.5, 0.6) is 0 Å². The van der Waals surface area contributed by atoms with Gasteiger partial charge in [-0.1, -0.05) is 44.2 Å². The summed E-state index contributed by atoms with van der Waals surface area (Å²) in [5, 5.41) is 10.5. The van der Waals surface area contributed by atoms with Gasteiger partial charge in [0, 0.05) is 12.1 Å². The highest BCUT2D eigenvalue weighted by atomic mass is 16.5. The van der Waals surface area contributed by atoms with E-state index in [0.717, 1.165) is 6.42 Å². The van der Waals surface area contributed by atoms with Crippen molar-refractivity contribution in [1.29, 1.82) is 0 Å². The SMILES string of the molecule is CCCOC(=O)c1ccc(N2C(=O)C(O)=C(C(=O)CC)C2c2ccccc2)cc1. The molecular weight excluding hydrogens is 370 g/mol. The third-order valence-corrected chi connectivity index (χ3v) is 4.76. The van der Waals surface area contributed by atoms with Crippen molar-refractivity contribution >= 4 is 23.3 Å². The maximum atomic E-state index is 12.9. The monoisotopic (exact) mass is 393 g/mol. The van der Waals surface area contributed by atoms with Crippen LogP contribution in [-0.2, 0) is 14.3 Å². The molecule has 1 heterocycles. The minimum absolute atomic E-state index is 0.0927. The molecule has 0 aromatic heterocycles. The van der Waals surface area contributed by atoms with Gasteiger partial charge in [-0.2, -0.15) is 0 Å². The maximum absolute atomic E-state index is 12.9. The quantitative estimate of drug-likeness (QED) is 0.715. The van der Waals surface area contributed by atoms with Gasteiger partial charge in [-0.3, -0.25) is 14.5 Å². The highest BCUT2D eigenvalue weighted by Crippen LogP contribution is 2.41. The second-order valence-corrected chi connectivity index (χ2v) is 6.71. The molecule has 0 radical (unpaired) electrons. The highest BCUT2D eigenvalue weighted by Gasteiger charge is 2.43. The number of hydrogen-bond acceptors (Lipinski definition) is 5. The van der Waals surface area contributed by atoms with Crippen LogP contribution >= 0.6 is 0 Å². The lowest BCUT2D eigenvalue weighted by Gasteiger charge is -2.27. The lowest BCUT2D eigenvalue weighted by atomic mass is 9.95. The van der Waals surface area contributed by atoms with Crippen molar-refractivity contribution in [2.45, 2.75) is 32.7 Å². The molecular formula is C23H23NO5. The first kappa shape index (κ1) is 20.3. The van der Waals surface area contributed by atoms with E-state index in [1.54, 1.807) is 31.2 Å². The Morgan fingerprint density at radius 1 is 1.03 bits per heavy atom. The Morgan fingerprint density at radius 2 is 1.69 bits per heavy atom. The fourth-order valence-electron chi connectivity index (χ4n) is 3.33. The molecule has 0 aliphatic carbocycles. The smallest absolute Gasteiger partial charge is 0.338 e. The van der Waals surface area contributed by atoms with Gasteiger partial charge < -0.3 is 9.84 Å². The van der Waals surface area contributed by atoms with E-state index in [-0.39, 0.29) is 17.8 Å². The van der Waals surface area contributed by atoms with E-state index in [1.807, 2.05) is 37.3 Å². The lowest BCUT2D eigenvalue weighted by Crippen LogP contribution is -2.31. The summed E-state index contributed by atoms with van der Waals surface area (Å²) in [6.45, 7) is 3.93. The molecule has 0 saturated carbocycles. The number of aliphatic hydroxyl groups is 1. The van der Waals surface area contributed by atoms with Gasteiger partial charge in [0.15, 0.2) is 11.5 Å². The Bertz CT molecular complexity index is 947. The van der Waals surface area contributed by atoms with Crippen molar-refractivity contribution in [2.24, 2.45) is 0 Å². The summed E-state index contributed by atoms with van der Waals surface area (Å²) in [7, 11) is 0. The second kappa shape index (κ2) is 8.73. The van der Waals surface area contributed by atoms with E-state index in [1.165, 1.54) is 4.90 Å². The third kappa shape index (κ3) is 3.92. The number of amides is 1. The number of anilines is 1. The first-order valence-corrected chi connectivity index (χ1v) is 9.61. The van der Waals surface area contributed by atoms with Gasteiger partial charge in [0.05, 0.1) is 23.8 Å². The summed E-state index contributed by atoms with van der Waals surface area (Å²) >= 11 is 0. The van der Waals surface area contributed by atoms with Crippen molar-refractivity contribution in [3.63, 3.8) is 0 Å². The second-order valence-electron chi connectivity index (χ2n) is 6.71. The molecule has 0 spiro atoms. The van der Waals surface area contributed by atoms with Crippen molar-refractivity contribution < 1.29 is 24.2 Å². The predicted octanol–water partition coefficient (Wildman–Crippen LogP) is 4.13. The maximum Gasteiger partial charge on any atom is 0.338 e. The predicted molar refractivity (Wildman–Crippen MR) is 109 cm³/mol. The lowest BCUT2D eigenvalue weighted by molar-refractivity contribution is -0.118. The minimum Gasteiger partial charge on any atom is -0.503 e. The van der Waals surface area contributed by atoms with Crippen LogP contribution in [0.1, 0.15) is 48.7 Å². The Morgan fingerprint density at radius 3 is 2.28 bits per heavy atom. The summed E-state index contributed by atoms with van der Waals surface area (Å²) in [6, 6.07) is 14.7. The Kier molecular flexibility index (Phi) is 6.12. The van der Waals surface area contributed by atoms with Crippen molar-refractivity contribution in [1.82, 2.24) is 0 Å². The molecule has 1 aliphatic rings. The van der Waals surface area contributed by atoms with Crippen molar-refractivity contribution in [3.8, 4) is 0 Å². The average molecular weight is 393 g/mol. The van der Waals surface area contributed by atoms with Crippen LogP contribution in [0.4, 0.5) is 5.69 Å². The molecule has 6 heteroatoms. The standard InChI is InChI=1S/C23H23NO5/c1-3-14-29-23(28)16-10-12-17(13-11-16)24-20(15-8-6-5-7-9-15)19(18(25)4-2)21(26)22(24)27/h5-13,20,26H,3-4,14H2,1-2H3. The van der Waals surface area contributed by atoms with Crippen molar-refractivity contribution in [2.75, 3.05) is 11.5 Å². The molecule has 29 heavy (non-hydrogen) atoms. The largest absolute Gasteiger partial charge is 0.503 e. The number of ketones is 1. The summed E-state index contributed by atoms with van der Waals surface area (Å²) in [5.74, 6) is -1.89. The van der Waals surface area contributed by atoms with E-state index >= 15 is 0 Å². The number of benzene rings is 2. The third-order valence-electron chi connectivity index (χ3n) is 4.76. The zero-order valence-corrected chi connectivity index (χ0v) is 16.4. The zero-order chi connectivity index (χ0) is 21.0. The fourth-order valence-corrected chi connectivity index (χ4v) is 3.33. The number of rotatable bonds is 7. The number of Topliss-reactive ketones (excluding diaryl/α,β-unsaturated/α-hetero) is 1. The van der Waals surface area contributed by atoms with E-state index in [9.17, 15) is 19.5 Å². The van der Waals surface area contributed by atoms with Gasteiger partial charge in [-0.05, 0) is 36.2 Å². The summed E-state index contributed by atoms with van der Waals surface area (Å²) in [4.78, 5) is 38.8. The number of esters is 1. The van der Waals surface area contributed by atoms with Gasteiger partial charge in [0.25, 0.3) is 5.91 Å². The van der Waals surface area contributed by atoms with Gasteiger partial charge in [-0.25, -0.2) is 4.79 Å². The Hall–Kier alpha value is -3.41. The van der Waals surface area contributed by atoms with Crippen LogP contribution < -0.4 is 4.90 Å². The van der Waals surface area contributed by atoms with E-state index < -0.39 is 23.7 Å². The molecule has 3 rings (SSSR count). The Labute approximate surface area is 169 Å². The van der Waals surface area contributed by atoms with E-state index in [4.69, 9.17) is 4.74 Å². The molecule has 150 valence electrons. The number of carbonyl (C=O) groups excluding carboxylic acids is 3. The molecule has 1 aliphatic heterocycles. The zero-order valence-electron chi connectivity index (χ0n) is 16.4. The van der Waals surface area contributed by atoms with Crippen LogP contribution in [-0.4, -0.2) is 29.4 Å². The van der Waals surface area contributed by atoms with Crippen molar-refractivity contribution in [3.05, 3.63) is 77.1 Å². The molecule has 2 aromatic rings. The number of carbonyl (C=O) groups is 3. The molecule has 1 atom stereocenters. The number of ether oxygens (including phenoxy) is 1. The summed E-state index contributed by atoms with van der Waals surface area (Å²) < 4.78 is 5.12. The van der Waals surface area contributed by atoms with E-state index in [0.29, 0.717) is 23.4 Å². The topological polar surface area (TPSA) is 83.9 Å². The molecule has 0 saturated heterocycles. The Balaban J connectivity index is 2.00. The average Bonchev–Trinajstić information content (AvgIpc) is 3.03. The number of hydrogen-bond donors (Lipinski definition) is 1. The molecule has 0 fully saturated rings. The summed E-state index contributed by atoms with van der Waals surface area (Å²) in [6.07, 6.45) is 0.899. The highest BCUT2D eigenvalue weighted by molar-refractivity contribution is 6.16. The molecule has 1 amide bonds. The molecule has 0 bridgehead atoms. The van der Waals surface area contributed by atoms with Crippen LogP contribution in [0.2, 0.25) is 0 Å².